The number of benzene rings is 2. The van der Waals surface area contributed by atoms with Gasteiger partial charge < -0.3 is 19.5 Å². The summed E-state index contributed by atoms with van der Waals surface area (Å²) in [4.78, 5) is 46.7. The van der Waals surface area contributed by atoms with Crippen molar-refractivity contribution < 1.29 is 28.6 Å². The van der Waals surface area contributed by atoms with Crippen LogP contribution in [0.25, 0.3) is 11.3 Å². The highest BCUT2D eigenvalue weighted by Crippen LogP contribution is 2.34. The fraction of sp³-hybridized carbons (Fsp3) is 0.148. The van der Waals surface area contributed by atoms with E-state index < -0.39 is 18.0 Å². The predicted molar refractivity (Wildman–Crippen MR) is 147 cm³/mol. The summed E-state index contributed by atoms with van der Waals surface area (Å²) in [7, 11) is 0. The van der Waals surface area contributed by atoms with Crippen LogP contribution in [0.3, 0.4) is 0 Å². The molecule has 0 saturated heterocycles. The highest BCUT2D eigenvalue weighted by atomic mass is 32.2. The summed E-state index contributed by atoms with van der Waals surface area (Å²) < 4.78 is 16.0. The molecule has 2 N–H and O–H groups in total. The van der Waals surface area contributed by atoms with E-state index in [1.807, 2.05) is 35.7 Å². The Bertz CT molecular complexity index is 1510. The van der Waals surface area contributed by atoms with Gasteiger partial charge in [0.25, 0.3) is 5.91 Å². The molecule has 12 heteroatoms. The highest BCUT2D eigenvalue weighted by molar-refractivity contribution is 8.00. The Balaban J connectivity index is 1.15. The molecule has 39 heavy (non-hydrogen) atoms. The van der Waals surface area contributed by atoms with E-state index >= 15 is 0 Å². The molecule has 0 radical (unpaired) electrons. The fourth-order valence-corrected chi connectivity index (χ4v) is 5.03. The number of hydrogen-bond donors (Lipinski definition) is 2. The molecular weight excluding hydrogens is 540 g/mol. The number of carbonyl (C=O) groups excluding carboxylic acids is 3. The molecular formula is C27H22N4O6S2. The molecule has 1 aliphatic heterocycles. The number of amides is 2. The van der Waals surface area contributed by atoms with Crippen LogP contribution < -0.4 is 20.1 Å². The van der Waals surface area contributed by atoms with E-state index in [2.05, 4.69) is 20.6 Å². The number of thiazole rings is 1. The topological polar surface area (TPSA) is 129 Å². The highest BCUT2D eigenvalue weighted by Gasteiger charge is 2.23. The standard InChI is InChI=1S/C27H22N4O6S2/c1-16(24(33)31-27-30-20(13-39-27)17-6-3-2-4-7-17)37-26(34)19-8-5-11-28-25(19)38-14-23(32)29-18-9-10-21-22(12-18)36-15-35-21/h2-13,16H,14-15H2,1H3,(H,29,32)(H,30,31,33)/t16-/m1/s1. The van der Waals surface area contributed by atoms with Gasteiger partial charge in [-0.25, -0.2) is 14.8 Å². The fourth-order valence-electron chi connectivity index (χ4n) is 3.52. The minimum Gasteiger partial charge on any atom is -0.454 e. The van der Waals surface area contributed by atoms with Crippen molar-refractivity contribution in [1.29, 1.82) is 0 Å². The summed E-state index contributed by atoms with van der Waals surface area (Å²) in [5, 5.41) is 8.00. The number of carbonyl (C=O) groups is 3. The van der Waals surface area contributed by atoms with Crippen molar-refractivity contribution in [1.82, 2.24) is 9.97 Å². The van der Waals surface area contributed by atoms with Crippen LogP contribution in [0.2, 0.25) is 0 Å². The van der Waals surface area contributed by atoms with Gasteiger partial charge in [0.05, 0.1) is 17.0 Å². The van der Waals surface area contributed by atoms with Gasteiger partial charge in [-0.15, -0.1) is 11.3 Å². The normalized spacial score (nSPS) is 12.4. The molecule has 2 amide bonds. The predicted octanol–water partition coefficient (Wildman–Crippen LogP) is 4.85. The Kier molecular flexibility index (Phi) is 8.04. The van der Waals surface area contributed by atoms with Crippen LogP contribution in [0.5, 0.6) is 11.5 Å². The second-order valence-corrected chi connectivity index (χ2v) is 10.0. The Hall–Kier alpha value is -4.42. The minimum absolute atomic E-state index is 0.00440. The molecule has 198 valence electrons. The van der Waals surface area contributed by atoms with Gasteiger partial charge in [0.1, 0.15) is 5.03 Å². The maximum Gasteiger partial charge on any atom is 0.341 e. The number of thioether (sulfide) groups is 1. The van der Waals surface area contributed by atoms with Crippen LogP contribution in [0, 0.1) is 0 Å². The third-order valence-corrected chi connectivity index (χ3v) is 7.21. The molecule has 0 fully saturated rings. The van der Waals surface area contributed by atoms with Gasteiger partial charge in [0.2, 0.25) is 12.7 Å². The summed E-state index contributed by atoms with van der Waals surface area (Å²) in [6.45, 7) is 1.61. The molecule has 10 nitrogen and oxygen atoms in total. The van der Waals surface area contributed by atoms with Crippen LogP contribution >= 0.6 is 23.1 Å². The molecule has 0 saturated carbocycles. The van der Waals surface area contributed by atoms with Crippen LogP contribution in [-0.4, -0.2) is 46.4 Å². The zero-order valence-electron chi connectivity index (χ0n) is 20.6. The first-order chi connectivity index (χ1) is 19.0. The molecule has 1 aliphatic rings. The maximum absolute atomic E-state index is 12.9. The number of rotatable bonds is 9. The van der Waals surface area contributed by atoms with Gasteiger partial charge in [-0.3, -0.25) is 14.9 Å². The molecule has 0 unspecified atom stereocenters. The third-order valence-electron chi connectivity index (χ3n) is 5.44. The number of pyridine rings is 1. The number of anilines is 2. The van der Waals surface area contributed by atoms with Gasteiger partial charge in [-0.1, -0.05) is 42.1 Å². The Morgan fingerprint density at radius 3 is 2.72 bits per heavy atom. The average Bonchev–Trinajstić information content (AvgIpc) is 3.62. The van der Waals surface area contributed by atoms with Crippen molar-refractivity contribution in [3.8, 4) is 22.8 Å². The first-order valence-corrected chi connectivity index (χ1v) is 13.6. The molecule has 1 atom stereocenters. The van der Waals surface area contributed by atoms with Crippen LogP contribution in [-0.2, 0) is 14.3 Å². The first-order valence-electron chi connectivity index (χ1n) is 11.8. The van der Waals surface area contributed by atoms with Gasteiger partial charge >= 0.3 is 5.97 Å². The van der Waals surface area contributed by atoms with E-state index in [0.29, 0.717) is 27.3 Å². The zero-order valence-corrected chi connectivity index (χ0v) is 22.2. The molecule has 5 rings (SSSR count). The van der Waals surface area contributed by atoms with Crippen LogP contribution in [0.1, 0.15) is 17.3 Å². The Morgan fingerprint density at radius 2 is 1.87 bits per heavy atom. The lowest BCUT2D eigenvalue weighted by Crippen LogP contribution is -2.30. The third kappa shape index (κ3) is 6.54. The summed E-state index contributed by atoms with van der Waals surface area (Å²) >= 11 is 2.35. The monoisotopic (exact) mass is 562 g/mol. The molecule has 0 aliphatic carbocycles. The number of hydrogen-bond acceptors (Lipinski definition) is 10. The van der Waals surface area contributed by atoms with E-state index in [1.165, 1.54) is 30.5 Å². The molecule has 0 spiro atoms. The van der Waals surface area contributed by atoms with Gasteiger partial charge in [-0.2, -0.15) is 0 Å². The molecule has 3 heterocycles. The maximum atomic E-state index is 12.9. The van der Waals surface area contributed by atoms with Gasteiger partial charge in [0, 0.05) is 28.9 Å². The Morgan fingerprint density at radius 1 is 1.05 bits per heavy atom. The van der Waals surface area contributed by atoms with Crippen molar-refractivity contribution in [2.24, 2.45) is 0 Å². The second kappa shape index (κ2) is 12.0. The van der Waals surface area contributed by atoms with Crippen molar-refractivity contribution in [3.63, 3.8) is 0 Å². The van der Waals surface area contributed by atoms with E-state index in [9.17, 15) is 14.4 Å². The molecule has 2 aromatic heterocycles. The second-order valence-electron chi connectivity index (χ2n) is 8.20. The molecule has 2 aromatic carbocycles. The summed E-state index contributed by atoms with van der Waals surface area (Å²) in [5.41, 5.74) is 2.38. The zero-order chi connectivity index (χ0) is 27.2. The summed E-state index contributed by atoms with van der Waals surface area (Å²) in [6, 6.07) is 17.8. The summed E-state index contributed by atoms with van der Waals surface area (Å²) in [5.74, 6) is -0.373. The van der Waals surface area contributed by atoms with E-state index in [-0.39, 0.29) is 24.0 Å². The largest absolute Gasteiger partial charge is 0.454 e. The number of nitrogens with one attached hydrogen (secondary N) is 2. The van der Waals surface area contributed by atoms with Crippen molar-refractivity contribution in [3.05, 3.63) is 77.8 Å². The van der Waals surface area contributed by atoms with Crippen molar-refractivity contribution >= 4 is 51.7 Å². The summed E-state index contributed by atoms with van der Waals surface area (Å²) in [6.07, 6.45) is 0.423. The number of nitrogens with zero attached hydrogens (tertiary/aromatic N) is 2. The SMILES string of the molecule is C[C@@H](OC(=O)c1cccnc1SCC(=O)Nc1ccc2c(c1)OCO2)C(=O)Nc1nc(-c2ccccc2)cs1. The van der Waals surface area contributed by atoms with Gasteiger partial charge in [-0.05, 0) is 31.2 Å². The number of ether oxygens (including phenoxy) is 3. The van der Waals surface area contributed by atoms with Crippen LogP contribution in [0.4, 0.5) is 10.8 Å². The Labute approximate surface area is 231 Å². The van der Waals surface area contributed by atoms with Crippen molar-refractivity contribution in [2.45, 2.75) is 18.1 Å². The molecule has 4 aromatic rings. The lowest BCUT2D eigenvalue weighted by atomic mass is 10.2. The van der Waals surface area contributed by atoms with Crippen LogP contribution in [0.15, 0.2) is 77.3 Å². The van der Waals surface area contributed by atoms with E-state index in [0.717, 1.165) is 23.0 Å². The lowest BCUT2D eigenvalue weighted by molar-refractivity contribution is -0.123. The quantitative estimate of drug-likeness (QED) is 0.217. The average molecular weight is 563 g/mol. The first kappa shape index (κ1) is 26.2. The molecule has 0 bridgehead atoms. The minimum atomic E-state index is -1.09. The smallest absolute Gasteiger partial charge is 0.341 e. The number of fused-ring (bicyclic) bond motifs is 1. The van der Waals surface area contributed by atoms with E-state index in [1.54, 1.807) is 24.3 Å². The van der Waals surface area contributed by atoms with Gasteiger partial charge in [0.15, 0.2) is 22.7 Å². The lowest BCUT2D eigenvalue weighted by Gasteiger charge is -2.13. The number of aromatic nitrogens is 2. The number of esters is 1. The van der Waals surface area contributed by atoms with E-state index in [4.69, 9.17) is 14.2 Å². The van der Waals surface area contributed by atoms with Crippen molar-refractivity contribution in [2.75, 3.05) is 23.2 Å².